The number of nitrogens with two attached hydrogens (primary N) is 1. The third-order valence-electron chi connectivity index (χ3n) is 4.81. The Morgan fingerprint density at radius 3 is 2.88 bits per heavy atom. The first-order valence-electron chi connectivity index (χ1n) is 9.00. The second-order valence-corrected chi connectivity index (χ2v) is 6.94. The maximum Gasteiger partial charge on any atom is 0.254 e. The maximum atomic E-state index is 12.3. The molecule has 1 atom stereocenters. The number of piperidine rings is 1. The van der Waals surface area contributed by atoms with Crippen molar-refractivity contribution in [2.45, 2.75) is 39.4 Å². The van der Waals surface area contributed by atoms with Gasteiger partial charge in [0.05, 0.1) is 12.1 Å². The predicted octanol–water partition coefficient (Wildman–Crippen LogP) is 2.90. The molecule has 5 heteroatoms. The van der Waals surface area contributed by atoms with Crippen molar-refractivity contribution in [3.63, 3.8) is 0 Å². The molecule has 2 aromatic rings. The fraction of sp³-hybridized carbons (Fsp3) is 0.450. The van der Waals surface area contributed by atoms with E-state index in [4.69, 9.17) is 10.2 Å². The molecule has 1 aromatic carbocycles. The minimum Gasteiger partial charge on any atom is -0.467 e. The average Bonchev–Trinajstić information content (AvgIpc) is 3.10. The van der Waals surface area contributed by atoms with E-state index in [1.165, 1.54) is 24.7 Å². The van der Waals surface area contributed by atoms with Crippen LogP contribution in [0.5, 0.6) is 0 Å². The van der Waals surface area contributed by atoms with Crippen molar-refractivity contribution in [3.05, 3.63) is 59.0 Å². The van der Waals surface area contributed by atoms with Crippen molar-refractivity contribution in [2.24, 2.45) is 11.7 Å². The van der Waals surface area contributed by atoms with Gasteiger partial charge in [0, 0.05) is 19.6 Å². The van der Waals surface area contributed by atoms with Gasteiger partial charge in [-0.15, -0.1) is 0 Å². The molecule has 2 heterocycles. The molecule has 3 N–H and O–H groups in total. The molecule has 25 heavy (non-hydrogen) atoms. The van der Waals surface area contributed by atoms with Crippen molar-refractivity contribution in [2.75, 3.05) is 13.1 Å². The summed E-state index contributed by atoms with van der Waals surface area (Å²) in [5.74, 6) is 1.24. The van der Waals surface area contributed by atoms with E-state index < -0.39 is 0 Å². The lowest BCUT2D eigenvalue weighted by Crippen LogP contribution is -2.34. The van der Waals surface area contributed by atoms with E-state index in [0.29, 0.717) is 24.4 Å². The maximum absolute atomic E-state index is 12.3. The highest BCUT2D eigenvalue weighted by atomic mass is 16.3. The third kappa shape index (κ3) is 4.71. The Hall–Kier alpha value is -2.11. The lowest BCUT2D eigenvalue weighted by Gasteiger charge is -2.31. The fourth-order valence-electron chi connectivity index (χ4n) is 3.44. The van der Waals surface area contributed by atoms with Gasteiger partial charge in [-0.1, -0.05) is 31.2 Å². The molecule has 0 bridgehead atoms. The molecule has 1 aromatic heterocycles. The van der Waals surface area contributed by atoms with Gasteiger partial charge in [-0.2, -0.15) is 0 Å². The van der Waals surface area contributed by atoms with Crippen LogP contribution in [0.1, 0.15) is 47.0 Å². The zero-order valence-electron chi connectivity index (χ0n) is 14.8. The molecule has 134 valence electrons. The summed E-state index contributed by atoms with van der Waals surface area (Å²) in [6.45, 7) is 6.38. The SMILES string of the molecule is CC1CCCN(Cc2ccccc2CNC(=O)c2coc(CN)c2)C1. The summed E-state index contributed by atoms with van der Waals surface area (Å²) >= 11 is 0. The Kier molecular flexibility index (Phi) is 5.89. The topological polar surface area (TPSA) is 71.5 Å². The molecule has 1 aliphatic heterocycles. The molecule has 0 spiro atoms. The van der Waals surface area contributed by atoms with Crippen LogP contribution in [0.4, 0.5) is 0 Å². The fourth-order valence-corrected chi connectivity index (χ4v) is 3.44. The predicted molar refractivity (Wildman–Crippen MR) is 97.9 cm³/mol. The van der Waals surface area contributed by atoms with Crippen molar-refractivity contribution >= 4 is 5.91 Å². The number of furan rings is 1. The number of rotatable bonds is 6. The number of carbonyl (C=O) groups excluding carboxylic acids is 1. The van der Waals surface area contributed by atoms with E-state index >= 15 is 0 Å². The monoisotopic (exact) mass is 341 g/mol. The van der Waals surface area contributed by atoms with E-state index in [9.17, 15) is 4.79 Å². The second kappa shape index (κ2) is 8.32. The molecule has 0 aliphatic carbocycles. The van der Waals surface area contributed by atoms with E-state index in [-0.39, 0.29) is 5.91 Å². The number of hydrogen-bond acceptors (Lipinski definition) is 4. The van der Waals surface area contributed by atoms with Crippen molar-refractivity contribution < 1.29 is 9.21 Å². The van der Waals surface area contributed by atoms with Gasteiger partial charge >= 0.3 is 0 Å². The second-order valence-electron chi connectivity index (χ2n) is 6.94. The Balaban J connectivity index is 1.61. The number of carbonyl (C=O) groups is 1. The zero-order chi connectivity index (χ0) is 17.6. The van der Waals surface area contributed by atoms with Crippen molar-refractivity contribution in [3.8, 4) is 0 Å². The zero-order valence-corrected chi connectivity index (χ0v) is 14.8. The van der Waals surface area contributed by atoms with E-state index in [1.54, 1.807) is 6.07 Å². The molecule has 5 nitrogen and oxygen atoms in total. The van der Waals surface area contributed by atoms with Crippen LogP contribution in [-0.4, -0.2) is 23.9 Å². The van der Waals surface area contributed by atoms with Crippen LogP contribution in [0.25, 0.3) is 0 Å². The number of amides is 1. The molecule has 1 amide bonds. The Morgan fingerprint density at radius 1 is 1.36 bits per heavy atom. The first kappa shape index (κ1) is 17.7. The van der Waals surface area contributed by atoms with Crippen LogP contribution in [0.15, 0.2) is 41.0 Å². The standard InChI is InChI=1S/C20H27N3O2/c1-15-5-4-8-23(12-15)13-17-7-3-2-6-16(17)11-22-20(24)18-9-19(10-21)25-14-18/h2-3,6-7,9,14-15H,4-5,8,10-13,21H2,1H3,(H,22,24). The minimum atomic E-state index is -0.134. The number of benzene rings is 1. The van der Waals surface area contributed by atoms with E-state index in [1.807, 2.05) is 6.07 Å². The lowest BCUT2D eigenvalue weighted by molar-refractivity contribution is 0.0950. The Labute approximate surface area is 149 Å². The van der Waals surface area contributed by atoms with Crippen LogP contribution < -0.4 is 11.1 Å². The van der Waals surface area contributed by atoms with Crippen LogP contribution in [0.2, 0.25) is 0 Å². The van der Waals surface area contributed by atoms with Gasteiger partial charge in [0.25, 0.3) is 5.91 Å². The summed E-state index contributed by atoms with van der Waals surface area (Å²) in [6.07, 6.45) is 4.05. The van der Waals surface area contributed by atoms with Crippen LogP contribution >= 0.6 is 0 Å². The van der Waals surface area contributed by atoms with E-state index in [2.05, 4.69) is 35.3 Å². The van der Waals surface area contributed by atoms with Crippen LogP contribution in [0.3, 0.4) is 0 Å². The summed E-state index contributed by atoms with van der Waals surface area (Å²) < 4.78 is 5.23. The molecule has 1 fully saturated rings. The normalized spacial score (nSPS) is 18.2. The smallest absolute Gasteiger partial charge is 0.254 e. The highest BCUT2D eigenvalue weighted by Crippen LogP contribution is 2.19. The van der Waals surface area contributed by atoms with Gasteiger partial charge < -0.3 is 15.5 Å². The highest BCUT2D eigenvalue weighted by Gasteiger charge is 2.17. The summed E-state index contributed by atoms with van der Waals surface area (Å²) in [5, 5.41) is 2.98. The number of likely N-dealkylation sites (tertiary alicyclic amines) is 1. The Morgan fingerprint density at radius 2 is 2.16 bits per heavy atom. The molecule has 0 saturated carbocycles. The molecule has 1 aliphatic rings. The van der Waals surface area contributed by atoms with Gasteiger partial charge in [0.2, 0.25) is 0 Å². The lowest BCUT2D eigenvalue weighted by atomic mass is 9.99. The number of nitrogens with one attached hydrogen (secondary N) is 1. The first-order valence-corrected chi connectivity index (χ1v) is 9.00. The average molecular weight is 341 g/mol. The minimum absolute atomic E-state index is 0.134. The quantitative estimate of drug-likeness (QED) is 0.847. The summed E-state index contributed by atoms with van der Waals surface area (Å²) in [7, 11) is 0. The van der Waals surface area contributed by atoms with Crippen molar-refractivity contribution in [1.29, 1.82) is 0 Å². The molecule has 0 radical (unpaired) electrons. The largest absolute Gasteiger partial charge is 0.467 e. The highest BCUT2D eigenvalue weighted by molar-refractivity contribution is 5.93. The molecule has 1 saturated heterocycles. The van der Waals surface area contributed by atoms with Gasteiger partial charge in [-0.25, -0.2) is 0 Å². The molecular weight excluding hydrogens is 314 g/mol. The van der Waals surface area contributed by atoms with Gasteiger partial charge in [0.15, 0.2) is 0 Å². The van der Waals surface area contributed by atoms with Gasteiger partial charge in [-0.05, 0) is 42.5 Å². The molecule has 1 unspecified atom stereocenters. The summed E-state index contributed by atoms with van der Waals surface area (Å²) in [6, 6.07) is 10.0. The number of hydrogen-bond donors (Lipinski definition) is 2. The molecular formula is C20H27N3O2. The number of nitrogens with zero attached hydrogens (tertiary/aromatic N) is 1. The van der Waals surface area contributed by atoms with Gasteiger partial charge in [0.1, 0.15) is 12.0 Å². The summed E-state index contributed by atoms with van der Waals surface area (Å²) in [5.41, 5.74) is 8.48. The van der Waals surface area contributed by atoms with Crippen LogP contribution in [0, 0.1) is 5.92 Å². The van der Waals surface area contributed by atoms with Gasteiger partial charge in [-0.3, -0.25) is 9.69 Å². The van der Waals surface area contributed by atoms with Crippen molar-refractivity contribution in [1.82, 2.24) is 10.2 Å². The van der Waals surface area contributed by atoms with E-state index in [0.717, 1.165) is 31.1 Å². The summed E-state index contributed by atoms with van der Waals surface area (Å²) in [4.78, 5) is 14.8. The third-order valence-corrected chi connectivity index (χ3v) is 4.81. The molecule has 3 rings (SSSR count). The van der Waals surface area contributed by atoms with Crippen LogP contribution in [-0.2, 0) is 19.6 Å². The first-order chi connectivity index (χ1) is 12.2. The Bertz CT molecular complexity index is 710.